The number of carbonyl (C=O) groups excluding carboxylic acids is 1. The Bertz CT molecular complexity index is 531. The number of methoxy groups -OCH3 is 1. The van der Waals surface area contributed by atoms with E-state index in [9.17, 15) is 4.79 Å². The van der Waals surface area contributed by atoms with Crippen molar-refractivity contribution in [2.75, 3.05) is 7.11 Å². The summed E-state index contributed by atoms with van der Waals surface area (Å²) in [5.74, 6) is 1.04. The topological polar surface area (TPSA) is 26.3 Å². The molecule has 1 atom stereocenters. The zero-order valence-corrected chi connectivity index (χ0v) is 16.0. The first-order valence-electron chi connectivity index (χ1n) is 9.66. The molecule has 138 valence electrons. The minimum atomic E-state index is 0.373. The van der Waals surface area contributed by atoms with Crippen molar-refractivity contribution in [1.29, 1.82) is 0 Å². The maximum absolute atomic E-state index is 11.4. The summed E-state index contributed by atoms with van der Waals surface area (Å²) < 4.78 is 5.09. The maximum atomic E-state index is 11.4. The van der Waals surface area contributed by atoms with Crippen molar-refractivity contribution < 1.29 is 9.53 Å². The fourth-order valence-electron chi connectivity index (χ4n) is 3.17. The van der Waals surface area contributed by atoms with Gasteiger partial charge in [0.25, 0.3) is 0 Å². The number of hydrogen-bond donors (Lipinski definition) is 0. The first-order valence-corrected chi connectivity index (χ1v) is 9.66. The molecular weight excluding hydrogens is 308 g/mol. The lowest BCUT2D eigenvalue weighted by Gasteiger charge is -2.17. The second-order valence-corrected chi connectivity index (χ2v) is 6.66. The molecule has 0 N–H and O–H groups in total. The van der Waals surface area contributed by atoms with Crippen LogP contribution < -0.4 is 0 Å². The van der Waals surface area contributed by atoms with Gasteiger partial charge in [0.15, 0.2) is 0 Å². The summed E-state index contributed by atoms with van der Waals surface area (Å²) in [7, 11) is 1.63. The second-order valence-electron chi connectivity index (χ2n) is 6.66. The molecule has 2 nitrogen and oxygen atoms in total. The van der Waals surface area contributed by atoms with Crippen molar-refractivity contribution in [2.45, 2.75) is 70.6 Å². The van der Waals surface area contributed by atoms with Crippen LogP contribution in [0.4, 0.5) is 0 Å². The Balaban J connectivity index is 2.60. The van der Waals surface area contributed by atoms with Crippen LogP contribution in [0.3, 0.4) is 0 Å². The third-order valence-corrected chi connectivity index (χ3v) is 4.71. The molecule has 0 radical (unpaired) electrons. The Morgan fingerprint density at radius 1 is 1.12 bits per heavy atom. The molecule has 1 unspecified atom stereocenters. The summed E-state index contributed by atoms with van der Waals surface area (Å²) in [6, 6.07) is 7.96. The van der Waals surface area contributed by atoms with Gasteiger partial charge in [0.05, 0.1) is 7.11 Å². The quantitative estimate of drug-likeness (QED) is 0.160. The second kappa shape index (κ2) is 13.5. The van der Waals surface area contributed by atoms with E-state index in [2.05, 4.69) is 25.6 Å². The smallest absolute Gasteiger partial charge is 0.150 e. The van der Waals surface area contributed by atoms with Gasteiger partial charge >= 0.3 is 0 Å². The average molecular weight is 343 g/mol. The predicted molar refractivity (Wildman–Crippen MR) is 107 cm³/mol. The molecule has 0 fully saturated rings. The van der Waals surface area contributed by atoms with Crippen LogP contribution in [0.1, 0.15) is 86.6 Å². The number of unbranched alkanes of at least 4 members (excludes halogenated alkanes) is 6. The minimum absolute atomic E-state index is 0.373. The van der Waals surface area contributed by atoms with Crippen LogP contribution in [0.2, 0.25) is 0 Å². The Morgan fingerprint density at radius 2 is 1.80 bits per heavy atom. The third kappa shape index (κ3) is 8.72. The third-order valence-electron chi connectivity index (χ3n) is 4.71. The zero-order valence-electron chi connectivity index (χ0n) is 16.0. The summed E-state index contributed by atoms with van der Waals surface area (Å²) in [6.07, 6.45) is 16.2. The predicted octanol–water partition coefficient (Wildman–Crippen LogP) is 6.83. The van der Waals surface area contributed by atoms with Crippen LogP contribution in [0.25, 0.3) is 0 Å². The van der Waals surface area contributed by atoms with Gasteiger partial charge in [0, 0.05) is 5.56 Å². The van der Waals surface area contributed by atoms with Gasteiger partial charge in [-0.25, -0.2) is 0 Å². The van der Waals surface area contributed by atoms with E-state index in [1.807, 2.05) is 24.3 Å². The largest absolute Gasteiger partial charge is 0.497 e. The van der Waals surface area contributed by atoms with Gasteiger partial charge in [0.1, 0.15) is 12.0 Å². The lowest BCUT2D eigenvalue weighted by atomic mass is 9.87. The highest BCUT2D eigenvalue weighted by Gasteiger charge is 2.13. The molecule has 0 saturated heterocycles. The summed E-state index contributed by atoms with van der Waals surface area (Å²) >= 11 is 0. The highest BCUT2D eigenvalue weighted by molar-refractivity contribution is 5.77. The Morgan fingerprint density at radius 3 is 2.48 bits per heavy atom. The summed E-state index contributed by atoms with van der Waals surface area (Å²) in [4.78, 5) is 11.4. The van der Waals surface area contributed by atoms with Crippen LogP contribution in [0.5, 0.6) is 0 Å². The molecule has 0 heterocycles. The number of allylic oxidation sites excluding steroid dienone is 2. The average Bonchev–Trinajstić information content (AvgIpc) is 2.65. The zero-order chi connectivity index (χ0) is 18.3. The van der Waals surface area contributed by atoms with Crippen molar-refractivity contribution in [3.05, 3.63) is 59.9 Å². The van der Waals surface area contributed by atoms with Crippen molar-refractivity contribution in [2.24, 2.45) is 0 Å². The van der Waals surface area contributed by atoms with Gasteiger partial charge in [-0.15, -0.1) is 0 Å². The molecule has 0 spiro atoms. The molecule has 0 amide bonds. The summed E-state index contributed by atoms with van der Waals surface area (Å²) in [6.45, 7) is 6.07. The highest BCUT2D eigenvalue weighted by atomic mass is 16.5. The van der Waals surface area contributed by atoms with E-state index in [4.69, 9.17) is 4.74 Å². The molecule has 0 bridgehead atoms. The van der Waals surface area contributed by atoms with Crippen LogP contribution in [-0.2, 0) is 4.74 Å². The van der Waals surface area contributed by atoms with Gasteiger partial charge < -0.3 is 4.74 Å². The Labute approximate surface area is 154 Å². The molecule has 0 aliphatic heterocycles. The first kappa shape index (κ1) is 21.2. The monoisotopic (exact) mass is 342 g/mol. The molecule has 1 aromatic rings. The first-order chi connectivity index (χ1) is 12.2. The summed E-state index contributed by atoms with van der Waals surface area (Å²) in [5, 5.41) is 0. The number of carbonyl (C=O) groups is 1. The number of aldehydes is 1. The molecule has 0 aliphatic carbocycles. The van der Waals surface area contributed by atoms with Crippen molar-refractivity contribution in [1.82, 2.24) is 0 Å². The van der Waals surface area contributed by atoms with E-state index >= 15 is 0 Å². The van der Waals surface area contributed by atoms with E-state index in [0.29, 0.717) is 11.7 Å². The highest BCUT2D eigenvalue weighted by Crippen LogP contribution is 2.29. The van der Waals surface area contributed by atoms with E-state index < -0.39 is 0 Å². The molecule has 0 aliphatic rings. The van der Waals surface area contributed by atoms with Gasteiger partial charge in [-0.05, 0) is 30.4 Å². The van der Waals surface area contributed by atoms with Crippen LogP contribution in [0.15, 0.2) is 48.8 Å². The minimum Gasteiger partial charge on any atom is -0.497 e. The molecule has 0 aromatic heterocycles. The van der Waals surface area contributed by atoms with Crippen molar-refractivity contribution >= 4 is 6.29 Å². The van der Waals surface area contributed by atoms with Crippen molar-refractivity contribution in [3.8, 4) is 0 Å². The summed E-state index contributed by atoms with van der Waals surface area (Å²) in [5.41, 5.74) is 1.98. The van der Waals surface area contributed by atoms with Crippen LogP contribution in [0, 0.1) is 0 Å². The number of ether oxygens (including phenoxy) is 1. The Hall–Kier alpha value is -1.83. The molecule has 0 saturated carbocycles. The Kier molecular flexibility index (Phi) is 11.4. The SMILES string of the molecule is C=C(C=CCC(CCCCCCCCC)c1ccccc1C=O)OC. The fraction of sp³-hybridized carbons (Fsp3) is 0.522. The van der Waals surface area contributed by atoms with E-state index in [1.165, 1.54) is 44.9 Å². The van der Waals surface area contributed by atoms with Crippen LogP contribution >= 0.6 is 0 Å². The lowest BCUT2D eigenvalue weighted by Crippen LogP contribution is -2.02. The normalized spacial score (nSPS) is 12.2. The van der Waals surface area contributed by atoms with Gasteiger partial charge in [-0.3, -0.25) is 4.79 Å². The van der Waals surface area contributed by atoms with Crippen LogP contribution in [-0.4, -0.2) is 13.4 Å². The van der Waals surface area contributed by atoms with Gasteiger partial charge in [0.2, 0.25) is 0 Å². The van der Waals surface area contributed by atoms with Gasteiger partial charge in [-0.1, -0.05) is 88.8 Å². The molecule has 1 aromatic carbocycles. The standard InChI is InChI=1S/C23H34O2/c1-4-5-6-7-8-9-10-15-21(17-13-14-20(2)25-3)23-18-12-11-16-22(23)19-24/h11-14,16,18-19,21H,2,4-10,15,17H2,1,3H3. The van der Waals surface area contributed by atoms with Gasteiger partial charge in [-0.2, -0.15) is 0 Å². The maximum Gasteiger partial charge on any atom is 0.150 e. The number of rotatable bonds is 14. The van der Waals surface area contributed by atoms with E-state index in [1.54, 1.807) is 7.11 Å². The molecule has 1 rings (SSSR count). The molecular formula is C23H34O2. The number of hydrogen-bond acceptors (Lipinski definition) is 2. The molecule has 25 heavy (non-hydrogen) atoms. The number of benzene rings is 1. The van der Waals surface area contributed by atoms with Crippen molar-refractivity contribution in [3.63, 3.8) is 0 Å². The van der Waals surface area contributed by atoms with E-state index in [0.717, 1.165) is 30.3 Å². The van der Waals surface area contributed by atoms with E-state index in [-0.39, 0.29) is 0 Å². The lowest BCUT2D eigenvalue weighted by molar-refractivity contribution is 0.112. The fourth-order valence-corrected chi connectivity index (χ4v) is 3.17. The molecule has 2 heteroatoms.